The molecule has 0 aliphatic rings. The minimum atomic E-state index is -0.519. The molecular weight excluding hydrogens is 284 g/mol. The summed E-state index contributed by atoms with van der Waals surface area (Å²) in [6.45, 7) is 5.06. The Balaban J connectivity index is 2.45. The van der Waals surface area contributed by atoms with Crippen LogP contribution in [0.2, 0.25) is 0 Å². The van der Waals surface area contributed by atoms with Gasteiger partial charge in [-0.3, -0.25) is 4.79 Å². The first-order valence-corrected chi connectivity index (χ1v) is 8.28. The molecule has 0 saturated carbocycles. The molecule has 0 saturated heterocycles. The van der Waals surface area contributed by atoms with E-state index >= 15 is 0 Å². The van der Waals surface area contributed by atoms with Gasteiger partial charge in [-0.1, -0.05) is 56.3 Å². The first kappa shape index (κ1) is 17.5. The Hall–Kier alpha value is -1.87. The molecule has 23 heavy (non-hydrogen) atoms. The highest BCUT2D eigenvalue weighted by molar-refractivity contribution is 5.87. The Bertz CT molecular complexity index is 673. The average Bonchev–Trinajstić information content (AvgIpc) is 2.50. The average molecular weight is 312 g/mol. The number of fused-ring (bicyclic) bond motifs is 1. The molecule has 1 unspecified atom stereocenters. The summed E-state index contributed by atoms with van der Waals surface area (Å²) < 4.78 is 0. The number of benzene rings is 2. The molecule has 0 radical (unpaired) electrons. The largest absolute Gasteiger partial charge is 0.369 e. The number of primary amides is 1. The third kappa shape index (κ3) is 3.73. The molecule has 3 nitrogen and oxygen atoms in total. The summed E-state index contributed by atoms with van der Waals surface area (Å²) >= 11 is 0. The summed E-state index contributed by atoms with van der Waals surface area (Å²) in [7, 11) is 4.06. The first-order chi connectivity index (χ1) is 10.9. The van der Waals surface area contributed by atoms with E-state index in [2.05, 4.69) is 49.1 Å². The molecule has 0 aliphatic heterocycles. The van der Waals surface area contributed by atoms with Crippen LogP contribution in [0.5, 0.6) is 0 Å². The maximum atomic E-state index is 12.4. The zero-order chi connectivity index (χ0) is 17.0. The molecule has 2 aromatic carbocycles. The van der Waals surface area contributed by atoms with Crippen LogP contribution in [0.15, 0.2) is 42.5 Å². The van der Waals surface area contributed by atoms with E-state index in [1.807, 2.05) is 26.2 Å². The van der Waals surface area contributed by atoms with Crippen LogP contribution in [0.1, 0.15) is 25.8 Å². The molecule has 1 amide bonds. The number of carbonyl (C=O) groups is 1. The van der Waals surface area contributed by atoms with E-state index in [0.717, 1.165) is 13.0 Å². The second kappa shape index (κ2) is 7.14. The molecule has 2 rings (SSSR count). The Morgan fingerprint density at radius 1 is 1.13 bits per heavy atom. The molecule has 0 aromatic heterocycles. The topological polar surface area (TPSA) is 46.3 Å². The van der Waals surface area contributed by atoms with Crippen molar-refractivity contribution < 1.29 is 4.79 Å². The number of amides is 1. The van der Waals surface area contributed by atoms with Crippen LogP contribution in [-0.2, 0) is 11.2 Å². The van der Waals surface area contributed by atoms with Crippen molar-refractivity contribution in [2.75, 3.05) is 20.6 Å². The van der Waals surface area contributed by atoms with Crippen LogP contribution >= 0.6 is 0 Å². The molecule has 0 bridgehead atoms. The zero-order valence-electron chi connectivity index (χ0n) is 14.7. The van der Waals surface area contributed by atoms with E-state index < -0.39 is 5.41 Å². The molecule has 124 valence electrons. The van der Waals surface area contributed by atoms with Gasteiger partial charge in [-0.25, -0.2) is 0 Å². The highest BCUT2D eigenvalue weighted by Crippen LogP contribution is 2.37. The van der Waals surface area contributed by atoms with Crippen LogP contribution in [-0.4, -0.2) is 31.4 Å². The van der Waals surface area contributed by atoms with Gasteiger partial charge in [0.15, 0.2) is 0 Å². The highest BCUT2D eigenvalue weighted by atomic mass is 16.1. The third-order valence-corrected chi connectivity index (χ3v) is 4.99. The second-order valence-corrected chi connectivity index (χ2v) is 7.04. The molecule has 1 atom stereocenters. The predicted molar refractivity (Wildman–Crippen MR) is 97.3 cm³/mol. The number of rotatable bonds is 7. The standard InChI is InChI=1S/C20H28N2O/c1-15(2)20(19(21)23,12-13-22(3)4)14-17-10-7-9-16-8-5-6-11-18(16)17/h5-11,15H,12-14H2,1-4H3,(H2,21,23). The molecule has 2 aromatic rings. The van der Waals surface area contributed by atoms with Crippen molar-refractivity contribution in [3.63, 3.8) is 0 Å². The van der Waals surface area contributed by atoms with Crippen LogP contribution in [0.25, 0.3) is 10.8 Å². The van der Waals surface area contributed by atoms with Crippen LogP contribution in [0.3, 0.4) is 0 Å². The third-order valence-electron chi connectivity index (χ3n) is 4.99. The SMILES string of the molecule is CC(C)C(CCN(C)C)(Cc1cccc2ccccc12)C(N)=O. The van der Waals surface area contributed by atoms with Crippen molar-refractivity contribution in [1.29, 1.82) is 0 Å². The summed E-state index contributed by atoms with van der Waals surface area (Å²) in [6, 6.07) is 14.6. The fraction of sp³-hybridized carbons (Fsp3) is 0.450. The summed E-state index contributed by atoms with van der Waals surface area (Å²) in [5.41, 5.74) is 6.58. The van der Waals surface area contributed by atoms with Crippen LogP contribution in [0, 0.1) is 11.3 Å². The minimum Gasteiger partial charge on any atom is -0.369 e. The lowest BCUT2D eigenvalue weighted by Gasteiger charge is -2.36. The van der Waals surface area contributed by atoms with Crippen LogP contribution in [0.4, 0.5) is 0 Å². The van der Waals surface area contributed by atoms with Crippen molar-refractivity contribution in [2.24, 2.45) is 17.1 Å². The van der Waals surface area contributed by atoms with Gasteiger partial charge in [-0.15, -0.1) is 0 Å². The van der Waals surface area contributed by atoms with E-state index in [1.54, 1.807) is 0 Å². The molecule has 3 heteroatoms. The zero-order valence-corrected chi connectivity index (χ0v) is 14.7. The first-order valence-electron chi connectivity index (χ1n) is 8.28. The molecule has 0 heterocycles. The van der Waals surface area contributed by atoms with Gasteiger partial charge in [0.25, 0.3) is 0 Å². The van der Waals surface area contributed by atoms with Crippen molar-refractivity contribution in [3.8, 4) is 0 Å². The van der Waals surface area contributed by atoms with Gasteiger partial charge < -0.3 is 10.6 Å². The Morgan fingerprint density at radius 3 is 2.39 bits per heavy atom. The number of carbonyl (C=O) groups excluding carboxylic acids is 1. The van der Waals surface area contributed by atoms with Crippen LogP contribution < -0.4 is 5.73 Å². The van der Waals surface area contributed by atoms with Crippen molar-refractivity contribution in [2.45, 2.75) is 26.7 Å². The lowest BCUT2D eigenvalue weighted by Crippen LogP contribution is -2.45. The van der Waals surface area contributed by atoms with Gasteiger partial charge in [0, 0.05) is 0 Å². The van der Waals surface area contributed by atoms with E-state index in [1.165, 1.54) is 16.3 Å². The second-order valence-electron chi connectivity index (χ2n) is 7.04. The summed E-state index contributed by atoms with van der Waals surface area (Å²) in [5.74, 6) is 0.00111. The van der Waals surface area contributed by atoms with E-state index in [4.69, 9.17) is 5.73 Å². The van der Waals surface area contributed by atoms with Gasteiger partial charge >= 0.3 is 0 Å². The van der Waals surface area contributed by atoms with Gasteiger partial charge in [0.1, 0.15) is 0 Å². The normalized spacial score (nSPS) is 14.3. The fourth-order valence-corrected chi connectivity index (χ4v) is 3.29. The van der Waals surface area contributed by atoms with Gasteiger partial charge in [-0.05, 0) is 55.7 Å². The van der Waals surface area contributed by atoms with Crippen molar-refractivity contribution >= 4 is 16.7 Å². The van der Waals surface area contributed by atoms with E-state index in [9.17, 15) is 4.79 Å². The fourth-order valence-electron chi connectivity index (χ4n) is 3.29. The Labute approximate surface area is 139 Å². The number of nitrogens with zero attached hydrogens (tertiary/aromatic N) is 1. The Kier molecular flexibility index (Phi) is 5.42. The Morgan fingerprint density at radius 2 is 1.78 bits per heavy atom. The minimum absolute atomic E-state index is 0.192. The van der Waals surface area contributed by atoms with Gasteiger partial charge in [-0.2, -0.15) is 0 Å². The monoisotopic (exact) mass is 312 g/mol. The summed E-state index contributed by atoms with van der Waals surface area (Å²) in [4.78, 5) is 14.5. The van der Waals surface area contributed by atoms with Crippen molar-refractivity contribution in [3.05, 3.63) is 48.0 Å². The van der Waals surface area contributed by atoms with Gasteiger partial charge in [0.05, 0.1) is 5.41 Å². The molecule has 2 N–H and O–H groups in total. The van der Waals surface area contributed by atoms with Crippen molar-refractivity contribution in [1.82, 2.24) is 4.90 Å². The molecule has 0 spiro atoms. The number of hydrogen-bond donors (Lipinski definition) is 1. The van der Waals surface area contributed by atoms with E-state index in [0.29, 0.717) is 6.42 Å². The maximum absolute atomic E-state index is 12.4. The predicted octanol–water partition coefficient (Wildman–Crippen LogP) is 3.46. The molecule has 0 aliphatic carbocycles. The smallest absolute Gasteiger partial charge is 0.224 e. The highest BCUT2D eigenvalue weighted by Gasteiger charge is 2.40. The summed E-state index contributed by atoms with van der Waals surface area (Å²) in [6.07, 6.45) is 1.46. The number of nitrogens with two attached hydrogens (primary N) is 1. The molecular formula is C20H28N2O. The lowest BCUT2D eigenvalue weighted by molar-refractivity contribution is -0.131. The summed E-state index contributed by atoms with van der Waals surface area (Å²) in [5, 5.41) is 2.42. The van der Waals surface area contributed by atoms with Gasteiger partial charge in [0.2, 0.25) is 5.91 Å². The maximum Gasteiger partial charge on any atom is 0.224 e. The molecule has 0 fully saturated rings. The lowest BCUT2D eigenvalue weighted by atomic mass is 9.69. The van der Waals surface area contributed by atoms with E-state index in [-0.39, 0.29) is 11.8 Å². The number of hydrogen-bond acceptors (Lipinski definition) is 2. The quantitative estimate of drug-likeness (QED) is 0.851.